The molecule has 0 aliphatic carbocycles. The molecule has 3 aromatic rings. The third-order valence-electron chi connectivity index (χ3n) is 4.39. The molecule has 1 aliphatic rings. The molecular formula is C17H19N7. The molecule has 1 atom stereocenters. The van der Waals surface area contributed by atoms with Crippen molar-refractivity contribution in [2.75, 3.05) is 18.0 Å². The van der Waals surface area contributed by atoms with E-state index in [-0.39, 0.29) is 0 Å². The molecular weight excluding hydrogens is 302 g/mol. The second kappa shape index (κ2) is 6.35. The molecule has 1 saturated heterocycles. The monoisotopic (exact) mass is 321 g/mol. The highest BCUT2D eigenvalue weighted by molar-refractivity contribution is 5.32. The lowest BCUT2D eigenvalue weighted by Gasteiger charge is -2.32. The van der Waals surface area contributed by atoms with Gasteiger partial charge >= 0.3 is 0 Å². The van der Waals surface area contributed by atoms with Crippen molar-refractivity contribution in [3.63, 3.8) is 0 Å². The van der Waals surface area contributed by atoms with Crippen molar-refractivity contribution in [3.05, 3.63) is 54.8 Å². The number of imidazole rings is 1. The minimum atomic E-state index is 0.332. The molecule has 1 aliphatic heterocycles. The zero-order valence-electron chi connectivity index (χ0n) is 13.6. The summed E-state index contributed by atoms with van der Waals surface area (Å²) in [5.74, 6) is 2.84. The van der Waals surface area contributed by atoms with E-state index in [0.29, 0.717) is 5.92 Å². The average molecular weight is 321 g/mol. The molecule has 122 valence electrons. The van der Waals surface area contributed by atoms with Crippen LogP contribution in [0.3, 0.4) is 0 Å². The van der Waals surface area contributed by atoms with Gasteiger partial charge in [0.1, 0.15) is 5.82 Å². The first kappa shape index (κ1) is 14.7. The molecule has 0 amide bonds. The van der Waals surface area contributed by atoms with Crippen LogP contribution >= 0.6 is 0 Å². The third kappa shape index (κ3) is 2.84. The van der Waals surface area contributed by atoms with Crippen molar-refractivity contribution in [2.24, 2.45) is 0 Å². The molecule has 1 fully saturated rings. The maximum atomic E-state index is 4.82. The van der Waals surface area contributed by atoms with Crippen molar-refractivity contribution in [3.8, 4) is 5.82 Å². The molecule has 7 heteroatoms. The van der Waals surface area contributed by atoms with Crippen molar-refractivity contribution in [1.29, 1.82) is 0 Å². The minimum absolute atomic E-state index is 0.332. The highest BCUT2D eigenvalue weighted by Gasteiger charge is 2.24. The van der Waals surface area contributed by atoms with Crippen LogP contribution in [-0.4, -0.2) is 42.6 Å². The molecule has 4 heterocycles. The summed E-state index contributed by atoms with van der Waals surface area (Å²) in [6, 6.07) is 1.84. The second-order valence-electron chi connectivity index (χ2n) is 5.98. The Kier molecular flexibility index (Phi) is 3.90. The number of nitrogens with zero attached hydrogens (tertiary/aromatic N) is 7. The first-order chi connectivity index (χ1) is 11.8. The highest BCUT2D eigenvalue weighted by atomic mass is 15.3. The molecule has 7 nitrogen and oxygen atoms in total. The van der Waals surface area contributed by atoms with Gasteiger partial charge in [0.05, 0.1) is 11.9 Å². The number of rotatable bonds is 3. The van der Waals surface area contributed by atoms with E-state index in [0.717, 1.165) is 49.2 Å². The van der Waals surface area contributed by atoms with E-state index in [4.69, 9.17) is 4.98 Å². The normalized spacial score (nSPS) is 17.9. The minimum Gasteiger partial charge on any atom is -0.340 e. The van der Waals surface area contributed by atoms with Crippen LogP contribution in [0.15, 0.2) is 43.2 Å². The third-order valence-corrected chi connectivity index (χ3v) is 4.39. The van der Waals surface area contributed by atoms with Crippen LogP contribution in [0.25, 0.3) is 5.82 Å². The summed E-state index contributed by atoms with van der Waals surface area (Å²) >= 11 is 0. The van der Waals surface area contributed by atoms with Crippen LogP contribution in [0.5, 0.6) is 0 Å². The quantitative estimate of drug-likeness (QED) is 0.736. The van der Waals surface area contributed by atoms with E-state index in [1.54, 1.807) is 24.8 Å². The van der Waals surface area contributed by atoms with Crippen molar-refractivity contribution in [2.45, 2.75) is 25.7 Å². The van der Waals surface area contributed by atoms with Gasteiger partial charge in [0.25, 0.3) is 0 Å². The molecule has 0 radical (unpaired) electrons. The number of hydrogen-bond donors (Lipinski definition) is 0. The topological polar surface area (TPSA) is 72.6 Å². The van der Waals surface area contributed by atoms with E-state index in [9.17, 15) is 0 Å². The Balaban J connectivity index is 1.58. The predicted molar refractivity (Wildman–Crippen MR) is 90.1 cm³/mol. The van der Waals surface area contributed by atoms with Gasteiger partial charge in [-0.1, -0.05) is 0 Å². The van der Waals surface area contributed by atoms with Crippen LogP contribution in [-0.2, 0) is 0 Å². The first-order valence-corrected chi connectivity index (χ1v) is 8.15. The molecule has 1 unspecified atom stereocenters. The van der Waals surface area contributed by atoms with Gasteiger partial charge in [0.15, 0.2) is 5.82 Å². The molecule has 0 N–H and O–H groups in total. The van der Waals surface area contributed by atoms with Crippen molar-refractivity contribution >= 4 is 5.95 Å². The summed E-state index contributed by atoms with van der Waals surface area (Å²) in [7, 11) is 0. The summed E-state index contributed by atoms with van der Waals surface area (Å²) in [6.45, 7) is 3.81. The van der Waals surface area contributed by atoms with E-state index >= 15 is 0 Å². The lowest BCUT2D eigenvalue weighted by Crippen LogP contribution is -2.35. The van der Waals surface area contributed by atoms with Crippen LogP contribution in [0.2, 0.25) is 0 Å². The average Bonchev–Trinajstić information content (AvgIpc) is 3.09. The number of hydrogen-bond acceptors (Lipinski definition) is 6. The number of piperidine rings is 1. The standard InChI is InChI=1S/C17H19N7/c1-13-19-7-9-24(13)16-11-18-10-15(22-16)14-4-2-8-23(12-14)17-20-5-3-6-21-17/h3,5-7,9-11,14H,2,4,8,12H2,1H3. The fraction of sp³-hybridized carbons (Fsp3) is 0.353. The Morgan fingerprint density at radius 2 is 1.96 bits per heavy atom. The van der Waals surface area contributed by atoms with Crippen LogP contribution in [0.4, 0.5) is 5.95 Å². The molecule has 0 spiro atoms. The maximum absolute atomic E-state index is 4.82. The van der Waals surface area contributed by atoms with E-state index < -0.39 is 0 Å². The molecule has 24 heavy (non-hydrogen) atoms. The SMILES string of the molecule is Cc1nccn1-c1cncc(C2CCCN(c3ncccn3)C2)n1. The number of aromatic nitrogens is 6. The molecule has 0 aromatic carbocycles. The van der Waals surface area contributed by atoms with Gasteiger partial charge in [-0.3, -0.25) is 9.55 Å². The zero-order valence-corrected chi connectivity index (χ0v) is 13.6. The molecule has 4 rings (SSSR count). The van der Waals surface area contributed by atoms with E-state index in [2.05, 4.69) is 24.8 Å². The first-order valence-electron chi connectivity index (χ1n) is 8.15. The summed E-state index contributed by atoms with van der Waals surface area (Å²) < 4.78 is 1.96. The second-order valence-corrected chi connectivity index (χ2v) is 5.98. The van der Waals surface area contributed by atoms with Crippen molar-refractivity contribution < 1.29 is 0 Å². The lowest BCUT2D eigenvalue weighted by molar-refractivity contribution is 0.493. The van der Waals surface area contributed by atoms with Gasteiger partial charge < -0.3 is 4.90 Å². The summed E-state index contributed by atoms with van der Waals surface area (Å²) in [5.41, 5.74) is 1.02. The highest BCUT2D eigenvalue weighted by Crippen LogP contribution is 2.27. The Morgan fingerprint density at radius 1 is 1.08 bits per heavy atom. The Bertz CT molecular complexity index is 815. The number of aryl methyl sites for hydroxylation is 1. The summed E-state index contributed by atoms with van der Waals surface area (Å²) in [5, 5.41) is 0. The lowest BCUT2D eigenvalue weighted by atomic mass is 9.95. The van der Waals surface area contributed by atoms with Gasteiger partial charge in [-0.25, -0.2) is 19.9 Å². The summed E-state index contributed by atoms with van der Waals surface area (Å²) in [6.07, 6.45) is 13.1. The van der Waals surface area contributed by atoms with Crippen LogP contribution < -0.4 is 4.90 Å². The fourth-order valence-electron chi connectivity index (χ4n) is 3.16. The number of anilines is 1. The fourth-order valence-corrected chi connectivity index (χ4v) is 3.16. The van der Waals surface area contributed by atoms with Gasteiger partial charge in [-0.15, -0.1) is 0 Å². The van der Waals surface area contributed by atoms with E-state index in [1.807, 2.05) is 30.0 Å². The smallest absolute Gasteiger partial charge is 0.225 e. The maximum Gasteiger partial charge on any atom is 0.225 e. The van der Waals surface area contributed by atoms with Gasteiger partial charge in [0, 0.05) is 50.0 Å². The van der Waals surface area contributed by atoms with E-state index in [1.165, 1.54) is 0 Å². The molecule has 0 saturated carbocycles. The Morgan fingerprint density at radius 3 is 2.75 bits per heavy atom. The van der Waals surface area contributed by atoms with Gasteiger partial charge in [0.2, 0.25) is 5.95 Å². The Labute approximate surface area is 140 Å². The largest absolute Gasteiger partial charge is 0.340 e. The predicted octanol–water partition coefficient (Wildman–Crippen LogP) is 2.14. The zero-order chi connectivity index (χ0) is 16.4. The molecule has 3 aromatic heterocycles. The molecule has 0 bridgehead atoms. The van der Waals surface area contributed by atoms with Gasteiger partial charge in [-0.05, 0) is 25.8 Å². The van der Waals surface area contributed by atoms with Gasteiger partial charge in [-0.2, -0.15) is 0 Å². The summed E-state index contributed by atoms with van der Waals surface area (Å²) in [4.78, 5) is 24.4. The van der Waals surface area contributed by atoms with Crippen LogP contribution in [0.1, 0.15) is 30.3 Å². The van der Waals surface area contributed by atoms with Crippen molar-refractivity contribution in [1.82, 2.24) is 29.5 Å². The Hall–Kier alpha value is -2.83. The van der Waals surface area contributed by atoms with Crippen LogP contribution in [0, 0.1) is 6.92 Å².